The van der Waals surface area contributed by atoms with E-state index in [0.717, 1.165) is 12.1 Å². The zero-order valence-electron chi connectivity index (χ0n) is 11.4. The Morgan fingerprint density at radius 1 is 1.48 bits per heavy atom. The molecule has 1 N–H and O–H groups in total. The van der Waals surface area contributed by atoms with Gasteiger partial charge in [-0.05, 0) is 6.07 Å². The maximum absolute atomic E-state index is 13.7. The molecule has 1 fully saturated rings. The number of rotatable bonds is 7. The van der Waals surface area contributed by atoms with Crippen LogP contribution in [0.15, 0.2) is 18.2 Å². The summed E-state index contributed by atoms with van der Waals surface area (Å²) in [7, 11) is 1.51. The third kappa shape index (κ3) is 3.46. The summed E-state index contributed by atoms with van der Waals surface area (Å²) >= 11 is 0. The van der Waals surface area contributed by atoms with Crippen LogP contribution in [0.2, 0.25) is 0 Å². The average Bonchev–Trinajstić information content (AvgIpc) is 2.44. The molecule has 1 aromatic carbocycles. The molecular formula is C13H16FNO6. The van der Waals surface area contributed by atoms with E-state index in [4.69, 9.17) is 14.2 Å². The number of aliphatic hydroxyl groups is 1. The molecule has 7 nitrogen and oxygen atoms in total. The van der Waals surface area contributed by atoms with Crippen molar-refractivity contribution >= 4 is 5.69 Å². The average molecular weight is 301 g/mol. The minimum Gasteiger partial charge on any atom is -0.478 e. The van der Waals surface area contributed by atoms with E-state index in [9.17, 15) is 19.6 Å². The number of nitrogens with zero attached hydrogens (tertiary/aromatic N) is 1. The number of ether oxygens (including phenoxy) is 3. The second-order valence-electron chi connectivity index (χ2n) is 4.63. The van der Waals surface area contributed by atoms with Crippen LogP contribution in [0.25, 0.3) is 0 Å². The number of halogens is 1. The van der Waals surface area contributed by atoms with Gasteiger partial charge in [-0.25, -0.2) is 4.39 Å². The fraction of sp³-hybridized carbons (Fsp3) is 0.538. The van der Waals surface area contributed by atoms with Crippen molar-refractivity contribution in [2.24, 2.45) is 0 Å². The van der Waals surface area contributed by atoms with Crippen molar-refractivity contribution in [2.45, 2.75) is 24.7 Å². The minimum absolute atomic E-state index is 0.225. The zero-order chi connectivity index (χ0) is 15.4. The molecule has 0 bridgehead atoms. The van der Waals surface area contributed by atoms with Gasteiger partial charge in [0.2, 0.25) is 5.75 Å². The SMILES string of the molecule is COCCOC1C(O)CC1Oc1c(F)cccc1[N+](=O)[O-]. The molecule has 1 saturated carbocycles. The van der Waals surface area contributed by atoms with Crippen molar-refractivity contribution in [3.63, 3.8) is 0 Å². The van der Waals surface area contributed by atoms with E-state index in [1.54, 1.807) is 0 Å². The van der Waals surface area contributed by atoms with E-state index in [-0.39, 0.29) is 13.0 Å². The molecular weight excluding hydrogens is 285 g/mol. The lowest BCUT2D eigenvalue weighted by Gasteiger charge is -2.40. The van der Waals surface area contributed by atoms with Crippen molar-refractivity contribution in [2.75, 3.05) is 20.3 Å². The number of para-hydroxylation sites is 1. The van der Waals surface area contributed by atoms with Gasteiger partial charge in [-0.1, -0.05) is 6.07 Å². The Morgan fingerprint density at radius 3 is 2.86 bits per heavy atom. The number of hydrogen-bond acceptors (Lipinski definition) is 6. The lowest BCUT2D eigenvalue weighted by molar-refractivity contribution is -0.386. The van der Waals surface area contributed by atoms with Gasteiger partial charge in [-0.15, -0.1) is 0 Å². The largest absolute Gasteiger partial charge is 0.478 e. The summed E-state index contributed by atoms with van der Waals surface area (Å²) < 4.78 is 29.2. The molecule has 0 amide bonds. The van der Waals surface area contributed by atoms with Gasteiger partial charge in [0, 0.05) is 19.6 Å². The number of benzene rings is 1. The highest BCUT2D eigenvalue weighted by Gasteiger charge is 2.44. The molecule has 8 heteroatoms. The lowest BCUT2D eigenvalue weighted by Crippen LogP contribution is -2.55. The van der Waals surface area contributed by atoms with Gasteiger partial charge >= 0.3 is 5.69 Å². The van der Waals surface area contributed by atoms with Crippen molar-refractivity contribution in [1.29, 1.82) is 0 Å². The zero-order valence-corrected chi connectivity index (χ0v) is 11.4. The van der Waals surface area contributed by atoms with E-state index >= 15 is 0 Å². The van der Waals surface area contributed by atoms with Crippen molar-refractivity contribution in [3.8, 4) is 5.75 Å². The molecule has 0 radical (unpaired) electrons. The van der Waals surface area contributed by atoms with Crippen LogP contribution in [-0.2, 0) is 9.47 Å². The second kappa shape index (κ2) is 6.79. The topological polar surface area (TPSA) is 91.1 Å². The van der Waals surface area contributed by atoms with E-state index in [1.165, 1.54) is 13.2 Å². The third-order valence-electron chi connectivity index (χ3n) is 3.23. The first kappa shape index (κ1) is 15.6. The summed E-state index contributed by atoms with van der Waals surface area (Å²) in [5.41, 5.74) is -0.452. The molecule has 0 aliphatic heterocycles. The molecule has 116 valence electrons. The Balaban J connectivity index is 2.06. The lowest BCUT2D eigenvalue weighted by atomic mass is 9.88. The summed E-state index contributed by atoms with van der Waals surface area (Å²) in [6, 6.07) is 3.48. The standard InChI is InChI=1S/C13H16FNO6/c1-19-5-6-20-13-10(16)7-11(13)21-12-8(14)3-2-4-9(12)15(17)18/h2-4,10-11,13,16H,5-7H2,1H3. The predicted octanol–water partition coefficient (Wildman–Crippen LogP) is 1.28. The van der Waals surface area contributed by atoms with Gasteiger partial charge in [0.25, 0.3) is 0 Å². The Bertz CT molecular complexity index is 511. The first-order chi connectivity index (χ1) is 10.0. The molecule has 21 heavy (non-hydrogen) atoms. The van der Waals surface area contributed by atoms with E-state index < -0.39 is 40.5 Å². The number of nitro groups is 1. The monoisotopic (exact) mass is 301 g/mol. The van der Waals surface area contributed by atoms with Gasteiger partial charge in [0.05, 0.1) is 24.2 Å². The smallest absolute Gasteiger partial charge is 0.314 e. The summed E-state index contributed by atoms with van der Waals surface area (Å²) in [5, 5.41) is 20.5. The van der Waals surface area contributed by atoms with E-state index in [1.807, 2.05) is 0 Å². The maximum atomic E-state index is 13.7. The molecule has 0 spiro atoms. The van der Waals surface area contributed by atoms with E-state index in [0.29, 0.717) is 6.61 Å². The van der Waals surface area contributed by atoms with Crippen LogP contribution in [0.1, 0.15) is 6.42 Å². The fourth-order valence-corrected chi connectivity index (χ4v) is 2.07. The second-order valence-corrected chi connectivity index (χ2v) is 4.63. The molecule has 3 atom stereocenters. The van der Waals surface area contributed by atoms with Gasteiger partial charge in [0.1, 0.15) is 12.2 Å². The van der Waals surface area contributed by atoms with Crippen LogP contribution in [0, 0.1) is 15.9 Å². The summed E-state index contributed by atoms with van der Waals surface area (Å²) in [5.74, 6) is -1.25. The van der Waals surface area contributed by atoms with E-state index in [2.05, 4.69) is 0 Å². The molecule has 0 aromatic heterocycles. The first-order valence-electron chi connectivity index (χ1n) is 6.42. The molecule has 1 aliphatic rings. The van der Waals surface area contributed by atoms with Gasteiger partial charge in [-0.3, -0.25) is 10.1 Å². The highest BCUT2D eigenvalue weighted by molar-refractivity contribution is 5.47. The molecule has 0 saturated heterocycles. The Labute approximate surface area is 120 Å². The van der Waals surface area contributed by atoms with Gasteiger partial charge in [-0.2, -0.15) is 0 Å². The number of methoxy groups -OCH3 is 1. The van der Waals surface area contributed by atoms with Gasteiger partial charge < -0.3 is 19.3 Å². The molecule has 3 unspecified atom stereocenters. The molecule has 0 heterocycles. The van der Waals surface area contributed by atoms with Crippen LogP contribution in [0.4, 0.5) is 10.1 Å². The predicted molar refractivity (Wildman–Crippen MR) is 69.7 cm³/mol. The summed E-state index contributed by atoms with van der Waals surface area (Å²) in [4.78, 5) is 10.2. The normalized spacial score (nSPS) is 24.4. The summed E-state index contributed by atoms with van der Waals surface area (Å²) in [6.45, 7) is 0.591. The third-order valence-corrected chi connectivity index (χ3v) is 3.23. The number of hydrogen-bond donors (Lipinski definition) is 1. The summed E-state index contributed by atoms with van der Waals surface area (Å²) in [6.07, 6.45) is -1.80. The van der Waals surface area contributed by atoms with Crippen LogP contribution in [0.3, 0.4) is 0 Å². The van der Waals surface area contributed by atoms with Crippen LogP contribution >= 0.6 is 0 Å². The van der Waals surface area contributed by atoms with Crippen molar-refractivity contribution in [3.05, 3.63) is 34.1 Å². The maximum Gasteiger partial charge on any atom is 0.314 e. The number of nitro benzene ring substituents is 1. The molecule has 1 aromatic rings. The Kier molecular flexibility index (Phi) is 5.05. The van der Waals surface area contributed by atoms with Gasteiger partial charge in [0.15, 0.2) is 5.82 Å². The van der Waals surface area contributed by atoms with Crippen LogP contribution in [-0.4, -0.2) is 48.7 Å². The Morgan fingerprint density at radius 2 is 2.24 bits per heavy atom. The fourth-order valence-electron chi connectivity index (χ4n) is 2.07. The molecule has 1 aliphatic carbocycles. The van der Waals surface area contributed by atoms with Crippen molar-refractivity contribution in [1.82, 2.24) is 0 Å². The van der Waals surface area contributed by atoms with Crippen molar-refractivity contribution < 1.29 is 28.6 Å². The number of aliphatic hydroxyl groups excluding tert-OH is 1. The highest BCUT2D eigenvalue weighted by atomic mass is 19.1. The quantitative estimate of drug-likeness (QED) is 0.463. The van der Waals surface area contributed by atoms with Crippen LogP contribution < -0.4 is 4.74 Å². The highest BCUT2D eigenvalue weighted by Crippen LogP contribution is 2.35. The van der Waals surface area contributed by atoms with Crippen LogP contribution in [0.5, 0.6) is 5.75 Å². The molecule has 2 rings (SSSR count). The Hall–Kier alpha value is -1.77. The first-order valence-corrected chi connectivity index (χ1v) is 6.42. The minimum atomic E-state index is -0.818.